The summed E-state index contributed by atoms with van der Waals surface area (Å²) in [6, 6.07) is 6.35. The van der Waals surface area contributed by atoms with E-state index in [0.717, 1.165) is 44.2 Å². The van der Waals surface area contributed by atoms with Gasteiger partial charge in [-0.3, -0.25) is 0 Å². The molecule has 1 aromatic carbocycles. The lowest BCUT2D eigenvalue weighted by Gasteiger charge is -2.21. The second-order valence-electron chi connectivity index (χ2n) is 5.74. The third-order valence-corrected chi connectivity index (χ3v) is 3.98. The fourth-order valence-electron chi connectivity index (χ4n) is 2.96. The summed E-state index contributed by atoms with van der Waals surface area (Å²) in [4.78, 5) is 2.32. The number of fused-ring (bicyclic) bond motifs is 1. The summed E-state index contributed by atoms with van der Waals surface area (Å²) in [7, 11) is 0. The molecule has 0 saturated carbocycles. The van der Waals surface area contributed by atoms with Crippen LogP contribution >= 0.6 is 0 Å². The smallest absolute Gasteiger partial charge is 0.126 e. The van der Waals surface area contributed by atoms with Gasteiger partial charge in [0.1, 0.15) is 5.75 Å². The van der Waals surface area contributed by atoms with Crippen LogP contribution in [0.25, 0.3) is 5.57 Å². The number of rotatable bonds is 5. The van der Waals surface area contributed by atoms with Crippen LogP contribution in [0.1, 0.15) is 32.3 Å². The number of ether oxygens (including phenoxy) is 1. The Morgan fingerprint density at radius 2 is 2.27 bits per heavy atom. The zero-order chi connectivity index (χ0) is 15.4. The monoisotopic (exact) mass is 299 g/mol. The van der Waals surface area contributed by atoms with E-state index in [4.69, 9.17) is 4.74 Å². The average molecular weight is 299 g/mol. The normalized spacial score (nSPS) is 18.5. The predicted molar refractivity (Wildman–Crippen MR) is 91.8 cm³/mol. The quantitative estimate of drug-likeness (QED) is 0.874. The highest BCUT2D eigenvalue weighted by molar-refractivity contribution is 5.76. The first-order valence-corrected chi connectivity index (χ1v) is 8.21. The van der Waals surface area contributed by atoms with Crippen LogP contribution in [0.5, 0.6) is 5.75 Å². The average Bonchev–Trinajstić information content (AvgIpc) is 2.96. The van der Waals surface area contributed by atoms with Crippen LogP contribution < -0.4 is 15.4 Å². The van der Waals surface area contributed by atoms with Crippen molar-refractivity contribution >= 4 is 11.3 Å². The van der Waals surface area contributed by atoms with Crippen molar-refractivity contribution in [2.24, 2.45) is 0 Å². The van der Waals surface area contributed by atoms with E-state index in [2.05, 4.69) is 59.9 Å². The maximum atomic E-state index is 5.79. The van der Waals surface area contributed by atoms with Gasteiger partial charge in [-0.05, 0) is 43.2 Å². The third kappa shape index (κ3) is 3.21. The van der Waals surface area contributed by atoms with Crippen molar-refractivity contribution in [2.75, 3.05) is 31.7 Å². The number of nitrogens with one attached hydrogen (secondary N) is 2. The van der Waals surface area contributed by atoms with Gasteiger partial charge in [0.25, 0.3) is 0 Å². The van der Waals surface area contributed by atoms with Gasteiger partial charge in [0.05, 0.1) is 19.0 Å². The van der Waals surface area contributed by atoms with Gasteiger partial charge in [-0.15, -0.1) is 0 Å². The molecule has 2 heterocycles. The fourth-order valence-corrected chi connectivity index (χ4v) is 2.96. The molecule has 4 heteroatoms. The minimum Gasteiger partial charge on any atom is -0.493 e. The zero-order valence-corrected chi connectivity index (χ0v) is 13.5. The second-order valence-corrected chi connectivity index (χ2v) is 5.74. The first kappa shape index (κ1) is 14.8. The van der Waals surface area contributed by atoms with Crippen LogP contribution in [0.2, 0.25) is 0 Å². The molecule has 0 atom stereocenters. The van der Waals surface area contributed by atoms with Crippen LogP contribution in [0.4, 0.5) is 5.69 Å². The molecule has 2 aliphatic heterocycles. The van der Waals surface area contributed by atoms with E-state index in [1.807, 2.05) is 0 Å². The Balaban J connectivity index is 1.86. The lowest BCUT2D eigenvalue weighted by Crippen LogP contribution is -2.21. The van der Waals surface area contributed by atoms with E-state index < -0.39 is 0 Å². The summed E-state index contributed by atoms with van der Waals surface area (Å²) >= 11 is 0. The van der Waals surface area contributed by atoms with Gasteiger partial charge in [-0.2, -0.15) is 0 Å². The summed E-state index contributed by atoms with van der Waals surface area (Å²) in [6.07, 6.45) is 6.62. The molecule has 118 valence electrons. The van der Waals surface area contributed by atoms with Crippen molar-refractivity contribution in [3.63, 3.8) is 0 Å². The van der Waals surface area contributed by atoms with Crippen LogP contribution in [0, 0.1) is 0 Å². The molecule has 0 bridgehead atoms. The highest BCUT2D eigenvalue weighted by Crippen LogP contribution is 2.35. The lowest BCUT2D eigenvalue weighted by atomic mass is 9.98. The van der Waals surface area contributed by atoms with Crippen molar-refractivity contribution in [1.29, 1.82) is 0 Å². The summed E-state index contributed by atoms with van der Waals surface area (Å²) < 4.78 is 5.79. The number of anilines is 1. The summed E-state index contributed by atoms with van der Waals surface area (Å²) in [6.45, 7) is 8.02. The van der Waals surface area contributed by atoms with Crippen LogP contribution in [-0.2, 0) is 0 Å². The Bertz CT molecular complexity index is 592. The molecule has 0 spiro atoms. The molecule has 2 N–H and O–H groups in total. The van der Waals surface area contributed by atoms with Gasteiger partial charge in [0.15, 0.2) is 0 Å². The molecule has 0 aliphatic carbocycles. The molecule has 0 radical (unpaired) electrons. The van der Waals surface area contributed by atoms with E-state index in [-0.39, 0.29) is 0 Å². The van der Waals surface area contributed by atoms with Gasteiger partial charge in [-0.1, -0.05) is 6.92 Å². The first-order chi connectivity index (χ1) is 10.8. The second kappa shape index (κ2) is 6.77. The SMILES string of the molecule is CCCN1C=C(/C=C2\CCOc3ccc(NCC)cc32)NC1. The van der Waals surface area contributed by atoms with Gasteiger partial charge >= 0.3 is 0 Å². The number of hydrogen-bond acceptors (Lipinski definition) is 4. The number of benzene rings is 1. The molecule has 0 amide bonds. The largest absolute Gasteiger partial charge is 0.493 e. The topological polar surface area (TPSA) is 36.5 Å². The van der Waals surface area contributed by atoms with Crippen molar-refractivity contribution in [1.82, 2.24) is 10.2 Å². The number of nitrogens with zero attached hydrogens (tertiary/aromatic N) is 1. The Morgan fingerprint density at radius 3 is 3.09 bits per heavy atom. The summed E-state index contributed by atoms with van der Waals surface area (Å²) in [5.74, 6) is 0.989. The van der Waals surface area contributed by atoms with Crippen LogP contribution in [0.3, 0.4) is 0 Å². The van der Waals surface area contributed by atoms with Crippen LogP contribution in [-0.4, -0.2) is 31.3 Å². The fraction of sp³-hybridized carbons (Fsp3) is 0.444. The molecule has 0 fully saturated rings. The standard InChI is InChI=1S/C18H25N3O/c1-3-8-21-12-16(20-13-21)10-14-7-9-22-18-6-5-15(19-4-2)11-17(14)18/h5-6,10-12,19-20H,3-4,7-9,13H2,1-2H3/b14-10+. The van der Waals surface area contributed by atoms with E-state index in [1.165, 1.54) is 23.3 Å². The Kier molecular flexibility index (Phi) is 4.56. The van der Waals surface area contributed by atoms with E-state index in [1.54, 1.807) is 0 Å². The van der Waals surface area contributed by atoms with Crippen molar-refractivity contribution in [3.8, 4) is 5.75 Å². The van der Waals surface area contributed by atoms with Crippen molar-refractivity contribution in [2.45, 2.75) is 26.7 Å². The van der Waals surface area contributed by atoms with Gasteiger partial charge < -0.3 is 20.3 Å². The lowest BCUT2D eigenvalue weighted by molar-refractivity contribution is 0.316. The number of hydrogen-bond donors (Lipinski definition) is 2. The molecule has 0 unspecified atom stereocenters. The highest BCUT2D eigenvalue weighted by atomic mass is 16.5. The maximum Gasteiger partial charge on any atom is 0.126 e. The summed E-state index contributed by atoms with van der Waals surface area (Å²) in [5.41, 5.74) is 4.91. The Labute approximate surface area is 132 Å². The molecule has 3 rings (SSSR count). The molecule has 1 aromatic rings. The minimum atomic E-state index is 0.755. The van der Waals surface area contributed by atoms with Gasteiger partial charge in [-0.25, -0.2) is 0 Å². The number of allylic oxidation sites excluding steroid dienone is 1. The van der Waals surface area contributed by atoms with Gasteiger partial charge in [0, 0.05) is 37.0 Å². The molecule has 0 saturated heterocycles. The first-order valence-electron chi connectivity index (χ1n) is 8.21. The van der Waals surface area contributed by atoms with E-state index >= 15 is 0 Å². The molecule has 22 heavy (non-hydrogen) atoms. The highest BCUT2D eigenvalue weighted by Gasteiger charge is 2.17. The maximum absolute atomic E-state index is 5.79. The Hall–Kier alpha value is -2.10. The third-order valence-electron chi connectivity index (χ3n) is 3.98. The minimum absolute atomic E-state index is 0.755. The van der Waals surface area contributed by atoms with E-state index in [9.17, 15) is 0 Å². The zero-order valence-electron chi connectivity index (χ0n) is 13.5. The van der Waals surface area contributed by atoms with Gasteiger partial charge in [0.2, 0.25) is 0 Å². The van der Waals surface area contributed by atoms with Crippen molar-refractivity contribution < 1.29 is 4.74 Å². The van der Waals surface area contributed by atoms with E-state index in [0.29, 0.717) is 0 Å². The molecule has 2 aliphatic rings. The van der Waals surface area contributed by atoms with Crippen molar-refractivity contribution in [3.05, 3.63) is 41.7 Å². The summed E-state index contributed by atoms with van der Waals surface area (Å²) in [5, 5.41) is 6.84. The molecular weight excluding hydrogens is 274 g/mol. The Morgan fingerprint density at radius 1 is 1.36 bits per heavy atom. The molecular formula is C18H25N3O. The van der Waals surface area contributed by atoms with Crippen LogP contribution in [0.15, 0.2) is 36.2 Å². The predicted octanol–water partition coefficient (Wildman–Crippen LogP) is 3.40. The molecule has 0 aromatic heterocycles. The molecule has 4 nitrogen and oxygen atoms in total.